The van der Waals surface area contributed by atoms with Crippen LogP contribution in [0.2, 0.25) is 0 Å². The van der Waals surface area contributed by atoms with E-state index in [-0.39, 0.29) is 6.04 Å². The Kier molecular flexibility index (Phi) is 5.37. The maximum atomic E-state index is 12.2. The van der Waals surface area contributed by atoms with Crippen LogP contribution >= 0.6 is 0 Å². The number of rotatable bonds is 8. The summed E-state index contributed by atoms with van der Waals surface area (Å²) in [6.07, 6.45) is 2.46. The first-order valence-corrected chi connectivity index (χ1v) is 8.89. The van der Waals surface area contributed by atoms with E-state index in [1.807, 2.05) is 33.2 Å². The van der Waals surface area contributed by atoms with Crippen LogP contribution in [0.1, 0.15) is 31.4 Å². The molecule has 1 aliphatic rings. The van der Waals surface area contributed by atoms with Crippen molar-refractivity contribution >= 4 is 10.0 Å². The SMILES string of the molecule is CNC(C)c1ccc(S(=O)(=O)NCCN(C)C2CC2)cc1. The lowest BCUT2D eigenvalue weighted by molar-refractivity contribution is 0.329. The highest BCUT2D eigenvalue weighted by atomic mass is 32.2. The van der Waals surface area contributed by atoms with E-state index in [2.05, 4.69) is 14.9 Å². The van der Waals surface area contributed by atoms with Crippen molar-refractivity contribution in [3.63, 3.8) is 0 Å². The Balaban J connectivity index is 1.91. The molecule has 1 aromatic rings. The first kappa shape index (κ1) is 16.4. The summed E-state index contributed by atoms with van der Waals surface area (Å²) in [7, 11) is 0.516. The predicted molar refractivity (Wildman–Crippen MR) is 84.8 cm³/mol. The Morgan fingerprint density at radius 3 is 2.43 bits per heavy atom. The fourth-order valence-electron chi connectivity index (χ4n) is 2.24. The molecule has 2 rings (SSSR count). The van der Waals surface area contributed by atoms with E-state index in [1.165, 1.54) is 12.8 Å². The van der Waals surface area contributed by atoms with Crippen molar-refractivity contribution in [3.8, 4) is 0 Å². The molecule has 0 spiro atoms. The first-order valence-electron chi connectivity index (χ1n) is 7.41. The number of likely N-dealkylation sites (N-methyl/N-ethyl adjacent to an activating group) is 1. The molecule has 0 aliphatic heterocycles. The van der Waals surface area contributed by atoms with Gasteiger partial charge in [0.25, 0.3) is 0 Å². The number of nitrogens with one attached hydrogen (secondary N) is 2. The van der Waals surface area contributed by atoms with Crippen molar-refractivity contribution in [2.45, 2.75) is 36.7 Å². The van der Waals surface area contributed by atoms with E-state index in [0.717, 1.165) is 12.1 Å². The van der Waals surface area contributed by atoms with E-state index in [4.69, 9.17) is 0 Å². The van der Waals surface area contributed by atoms with Gasteiger partial charge in [0.15, 0.2) is 0 Å². The fraction of sp³-hybridized carbons (Fsp3) is 0.600. The summed E-state index contributed by atoms with van der Waals surface area (Å²) < 4.78 is 27.1. The highest BCUT2D eigenvalue weighted by Crippen LogP contribution is 2.24. The molecule has 1 atom stereocenters. The summed E-state index contributed by atoms with van der Waals surface area (Å²) in [6.45, 7) is 3.23. The largest absolute Gasteiger partial charge is 0.313 e. The number of nitrogens with zero attached hydrogens (tertiary/aromatic N) is 1. The zero-order chi connectivity index (χ0) is 15.5. The summed E-state index contributed by atoms with van der Waals surface area (Å²) in [4.78, 5) is 2.53. The summed E-state index contributed by atoms with van der Waals surface area (Å²) in [5.74, 6) is 0. The molecule has 1 fully saturated rings. The Labute approximate surface area is 127 Å². The van der Waals surface area contributed by atoms with Gasteiger partial charge in [-0.05, 0) is 51.6 Å². The Bertz CT molecular complexity index is 553. The lowest BCUT2D eigenvalue weighted by Gasteiger charge is -2.16. The van der Waals surface area contributed by atoms with Gasteiger partial charge in [-0.15, -0.1) is 0 Å². The van der Waals surface area contributed by atoms with Crippen molar-refractivity contribution in [2.24, 2.45) is 0 Å². The number of hydrogen-bond acceptors (Lipinski definition) is 4. The summed E-state index contributed by atoms with van der Waals surface area (Å²) in [5.41, 5.74) is 1.07. The van der Waals surface area contributed by atoms with Crippen molar-refractivity contribution in [1.29, 1.82) is 0 Å². The van der Waals surface area contributed by atoms with Crippen LogP contribution in [0.15, 0.2) is 29.2 Å². The second-order valence-corrected chi connectivity index (χ2v) is 7.46. The van der Waals surface area contributed by atoms with Crippen LogP contribution in [0, 0.1) is 0 Å². The Morgan fingerprint density at radius 1 is 1.29 bits per heavy atom. The van der Waals surface area contributed by atoms with Crippen LogP contribution in [0.4, 0.5) is 0 Å². The molecular formula is C15H25N3O2S. The standard InChI is InChI=1S/C15H25N3O2S/c1-12(16-2)13-4-8-15(9-5-13)21(19,20)17-10-11-18(3)14-6-7-14/h4-5,8-9,12,14,16-17H,6-7,10-11H2,1-3H3. The maximum Gasteiger partial charge on any atom is 0.240 e. The van der Waals surface area contributed by atoms with Crippen molar-refractivity contribution in [1.82, 2.24) is 14.9 Å². The van der Waals surface area contributed by atoms with Crippen molar-refractivity contribution < 1.29 is 8.42 Å². The summed E-state index contributed by atoms with van der Waals surface area (Å²) >= 11 is 0. The molecule has 118 valence electrons. The van der Waals surface area contributed by atoms with Crippen molar-refractivity contribution in [2.75, 3.05) is 27.2 Å². The number of benzene rings is 1. The van der Waals surface area contributed by atoms with E-state index in [0.29, 0.717) is 17.5 Å². The average molecular weight is 311 g/mol. The monoisotopic (exact) mass is 311 g/mol. The van der Waals surface area contributed by atoms with Crippen LogP contribution in [-0.4, -0.2) is 46.5 Å². The molecule has 21 heavy (non-hydrogen) atoms. The maximum absolute atomic E-state index is 12.2. The van der Waals surface area contributed by atoms with Gasteiger partial charge in [-0.1, -0.05) is 12.1 Å². The molecular weight excluding hydrogens is 286 g/mol. The molecule has 0 heterocycles. The zero-order valence-electron chi connectivity index (χ0n) is 13.0. The highest BCUT2D eigenvalue weighted by molar-refractivity contribution is 7.89. The second-order valence-electron chi connectivity index (χ2n) is 5.69. The van der Waals surface area contributed by atoms with Crippen LogP contribution in [0.3, 0.4) is 0 Å². The molecule has 0 aromatic heterocycles. The van der Waals surface area contributed by atoms with Crippen molar-refractivity contribution in [3.05, 3.63) is 29.8 Å². The second kappa shape index (κ2) is 6.87. The molecule has 0 bridgehead atoms. The topological polar surface area (TPSA) is 61.4 Å². The van der Waals surface area contributed by atoms with Gasteiger partial charge >= 0.3 is 0 Å². The fourth-order valence-corrected chi connectivity index (χ4v) is 3.26. The van der Waals surface area contributed by atoms with Crippen LogP contribution in [-0.2, 0) is 10.0 Å². The molecule has 5 nitrogen and oxygen atoms in total. The van der Waals surface area contributed by atoms with Gasteiger partial charge in [-0.3, -0.25) is 0 Å². The van der Waals surface area contributed by atoms with Crippen LogP contribution in [0.25, 0.3) is 0 Å². The van der Waals surface area contributed by atoms with Gasteiger partial charge in [-0.2, -0.15) is 0 Å². The predicted octanol–water partition coefficient (Wildman–Crippen LogP) is 1.34. The van der Waals surface area contributed by atoms with E-state index in [9.17, 15) is 8.42 Å². The zero-order valence-corrected chi connectivity index (χ0v) is 13.8. The minimum atomic E-state index is -3.41. The molecule has 1 saturated carbocycles. The molecule has 1 unspecified atom stereocenters. The lowest BCUT2D eigenvalue weighted by Crippen LogP contribution is -2.34. The third-order valence-electron chi connectivity index (χ3n) is 4.05. The molecule has 1 aromatic carbocycles. The minimum absolute atomic E-state index is 0.210. The normalized spacial score (nSPS) is 17.1. The van der Waals surface area contributed by atoms with Gasteiger partial charge in [0, 0.05) is 25.2 Å². The smallest absolute Gasteiger partial charge is 0.240 e. The third-order valence-corrected chi connectivity index (χ3v) is 5.53. The van der Waals surface area contributed by atoms with Crippen LogP contribution in [0.5, 0.6) is 0 Å². The van der Waals surface area contributed by atoms with E-state index < -0.39 is 10.0 Å². The quantitative estimate of drug-likeness (QED) is 0.760. The molecule has 0 saturated heterocycles. The van der Waals surface area contributed by atoms with Gasteiger partial charge in [-0.25, -0.2) is 13.1 Å². The molecule has 2 N–H and O–H groups in total. The average Bonchev–Trinajstić information content (AvgIpc) is 3.31. The van der Waals surface area contributed by atoms with E-state index in [1.54, 1.807) is 12.1 Å². The summed E-state index contributed by atoms with van der Waals surface area (Å²) in [5, 5.41) is 3.13. The van der Waals surface area contributed by atoms with Gasteiger partial charge in [0.05, 0.1) is 4.90 Å². The molecule has 0 amide bonds. The molecule has 1 aliphatic carbocycles. The molecule has 0 radical (unpaired) electrons. The number of hydrogen-bond donors (Lipinski definition) is 2. The van der Waals surface area contributed by atoms with Gasteiger partial charge < -0.3 is 10.2 Å². The van der Waals surface area contributed by atoms with Gasteiger partial charge in [0.1, 0.15) is 0 Å². The number of sulfonamides is 1. The Morgan fingerprint density at radius 2 is 1.90 bits per heavy atom. The third kappa shape index (κ3) is 4.51. The van der Waals surface area contributed by atoms with Gasteiger partial charge in [0.2, 0.25) is 10.0 Å². The highest BCUT2D eigenvalue weighted by Gasteiger charge is 2.25. The Hall–Kier alpha value is -0.950. The lowest BCUT2D eigenvalue weighted by atomic mass is 10.1. The van der Waals surface area contributed by atoms with E-state index >= 15 is 0 Å². The first-order chi connectivity index (χ1) is 9.94. The minimum Gasteiger partial charge on any atom is -0.313 e. The summed E-state index contributed by atoms with van der Waals surface area (Å²) in [6, 6.07) is 7.89. The molecule has 6 heteroatoms. The van der Waals surface area contributed by atoms with Crippen LogP contribution < -0.4 is 10.0 Å².